The van der Waals surface area contributed by atoms with Gasteiger partial charge >= 0.3 is 0 Å². The Hall–Kier alpha value is -2.87. The van der Waals surface area contributed by atoms with Crippen molar-refractivity contribution in [3.8, 4) is 11.5 Å². The van der Waals surface area contributed by atoms with Crippen LogP contribution in [0.25, 0.3) is 0 Å². The van der Waals surface area contributed by atoms with Gasteiger partial charge in [-0.15, -0.1) is 10.2 Å². The van der Waals surface area contributed by atoms with Crippen molar-refractivity contribution in [1.29, 1.82) is 0 Å². The Morgan fingerprint density at radius 3 is 2.43 bits per heavy atom. The van der Waals surface area contributed by atoms with Crippen LogP contribution in [-0.2, 0) is 6.42 Å². The second-order valence-electron chi connectivity index (χ2n) is 6.76. The molecule has 1 amide bonds. The van der Waals surface area contributed by atoms with Gasteiger partial charge < -0.3 is 24.6 Å². The molecule has 0 bridgehead atoms. The summed E-state index contributed by atoms with van der Waals surface area (Å²) >= 11 is 0. The van der Waals surface area contributed by atoms with Crippen LogP contribution in [0, 0.1) is 0 Å². The van der Waals surface area contributed by atoms with Gasteiger partial charge in [-0.2, -0.15) is 0 Å². The highest BCUT2D eigenvalue weighted by atomic mass is 16.5. The lowest BCUT2D eigenvalue weighted by atomic mass is 10.1. The first-order chi connectivity index (χ1) is 13.6. The quantitative estimate of drug-likeness (QED) is 0.768. The molecule has 2 heterocycles. The van der Waals surface area contributed by atoms with Gasteiger partial charge in [0.05, 0.1) is 14.2 Å². The van der Waals surface area contributed by atoms with Crippen LogP contribution in [0.5, 0.6) is 11.5 Å². The van der Waals surface area contributed by atoms with E-state index in [0.29, 0.717) is 30.2 Å². The number of aromatic nitrogens is 2. The smallest absolute Gasteiger partial charge is 0.271 e. The number of carbonyl (C=O) groups excluding carboxylic acids is 1. The average Bonchev–Trinajstić information content (AvgIpc) is 2.74. The number of amides is 1. The monoisotopic (exact) mass is 385 g/mol. The molecule has 1 aliphatic rings. The van der Waals surface area contributed by atoms with Crippen molar-refractivity contribution in [1.82, 2.24) is 20.4 Å². The number of anilines is 1. The van der Waals surface area contributed by atoms with Crippen LogP contribution in [0.15, 0.2) is 30.3 Å². The number of piperazine rings is 1. The highest BCUT2D eigenvalue weighted by molar-refractivity contribution is 5.92. The molecule has 1 N–H and O–H groups in total. The molecule has 0 atom stereocenters. The van der Waals surface area contributed by atoms with Crippen LogP contribution in [-0.4, -0.2) is 75.0 Å². The van der Waals surface area contributed by atoms with E-state index in [4.69, 9.17) is 9.47 Å². The third-order valence-electron chi connectivity index (χ3n) is 4.86. The molecule has 0 aliphatic carbocycles. The van der Waals surface area contributed by atoms with Crippen molar-refractivity contribution in [2.45, 2.75) is 6.42 Å². The van der Waals surface area contributed by atoms with E-state index in [0.717, 1.165) is 37.6 Å². The van der Waals surface area contributed by atoms with Crippen LogP contribution < -0.4 is 19.7 Å². The number of carbonyl (C=O) groups is 1. The van der Waals surface area contributed by atoms with E-state index in [1.807, 2.05) is 24.3 Å². The summed E-state index contributed by atoms with van der Waals surface area (Å²) in [5.41, 5.74) is 1.37. The van der Waals surface area contributed by atoms with E-state index in [2.05, 4.69) is 32.4 Å². The van der Waals surface area contributed by atoms with Crippen LogP contribution in [0.3, 0.4) is 0 Å². The van der Waals surface area contributed by atoms with Crippen molar-refractivity contribution >= 4 is 11.7 Å². The molecule has 8 heteroatoms. The lowest BCUT2D eigenvalue weighted by Crippen LogP contribution is -2.44. The normalized spacial score (nSPS) is 14.6. The average molecular weight is 385 g/mol. The van der Waals surface area contributed by atoms with Gasteiger partial charge in [-0.25, -0.2) is 0 Å². The Balaban J connectivity index is 1.51. The molecule has 1 fully saturated rings. The molecule has 3 rings (SSSR count). The fraction of sp³-hybridized carbons (Fsp3) is 0.450. The standard InChI is InChI=1S/C20H27N5O3/c1-24-10-12-25(13-11-24)19-7-5-16(22-23-19)20(26)21-9-8-15-4-6-17(27-2)18(14-15)28-3/h4-7,14H,8-13H2,1-3H3,(H,21,26). The Kier molecular flexibility index (Phi) is 6.65. The van der Waals surface area contributed by atoms with Gasteiger partial charge in [-0.1, -0.05) is 6.07 Å². The summed E-state index contributed by atoms with van der Waals surface area (Å²) in [6.45, 7) is 4.33. The predicted octanol–water partition coefficient (Wildman–Crippen LogP) is 1.22. The third kappa shape index (κ3) is 4.89. The summed E-state index contributed by atoms with van der Waals surface area (Å²) in [4.78, 5) is 16.8. The van der Waals surface area contributed by atoms with Gasteiger partial charge in [0, 0.05) is 32.7 Å². The number of ether oxygens (including phenoxy) is 2. The molecule has 150 valence electrons. The van der Waals surface area contributed by atoms with Gasteiger partial charge in [-0.3, -0.25) is 4.79 Å². The lowest BCUT2D eigenvalue weighted by molar-refractivity contribution is 0.0948. The first-order valence-electron chi connectivity index (χ1n) is 9.37. The van der Waals surface area contributed by atoms with E-state index in [1.54, 1.807) is 20.3 Å². The summed E-state index contributed by atoms with van der Waals surface area (Å²) in [5.74, 6) is 1.95. The summed E-state index contributed by atoms with van der Waals surface area (Å²) in [5, 5.41) is 11.2. The Labute approximate surface area is 165 Å². The molecule has 0 radical (unpaired) electrons. The Morgan fingerprint density at radius 1 is 1.04 bits per heavy atom. The predicted molar refractivity (Wildman–Crippen MR) is 107 cm³/mol. The molecular weight excluding hydrogens is 358 g/mol. The fourth-order valence-electron chi connectivity index (χ4n) is 3.10. The highest BCUT2D eigenvalue weighted by Gasteiger charge is 2.16. The first kappa shape index (κ1) is 19.9. The Morgan fingerprint density at radius 2 is 1.79 bits per heavy atom. The number of hydrogen-bond donors (Lipinski definition) is 1. The molecular formula is C20H27N5O3. The molecule has 8 nitrogen and oxygen atoms in total. The maximum atomic E-state index is 12.3. The summed E-state index contributed by atoms with van der Waals surface area (Å²) in [6, 6.07) is 9.32. The molecule has 2 aromatic rings. The van der Waals surface area contributed by atoms with Gasteiger partial charge in [0.2, 0.25) is 0 Å². The Bertz CT molecular complexity index is 789. The second-order valence-corrected chi connectivity index (χ2v) is 6.76. The molecule has 1 aromatic heterocycles. The minimum atomic E-state index is -0.224. The van der Waals surface area contributed by atoms with E-state index >= 15 is 0 Å². The second kappa shape index (κ2) is 9.36. The van der Waals surface area contributed by atoms with Crippen molar-refractivity contribution in [2.75, 3.05) is 58.9 Å². The van der Waals surface area contributed by atoms with Crippen LogP contribution in [0.2, 0.25) is 0 Å². The number of likely N-dealkylation sites (N-methyl/N-ethyl adjacent to an activating group) is 1. The zero-order valence-electron chi connectivity index (χ0n) is 16.6. The number of methoxy groups -OCH3 is 2. The summed E-state index contributed by atoms with van der Waals surface area (Å²) < 4.78 is 10.5. The number of nitrogens with one attached hydrogen (secondary N) is 1. The topological polar surface area (TPSA) is 79.8 Å². The van der Waals surface area contributed by atoms with Crippen LogP contribution >= 0.6 is 0 Å². The first-order valence-corrected chi connectivity index (χ1v) is 9.37. The maximum absolute atomic E-state index is 12.3. The fourth-order valence-corrected chi connectivity index (χ4v) is 3.10. The summed E-state index contributed by atoms with van der Waals surface area (Å²) in [7, 11) is 5.32. The van der Waals surface area contributed by atoms with Crippen LogP contribution in [0.4, 0.5) is 5.82 Å². The van der Waals surface area contributed by atoms with Gasteiger partial charge in [0.25, 0.3) is 5.91 Å². The van der Waals surface area contributed by atoms with Gasteiger partial charge in [0.1, 0.15) is 0 Å². The van der Waals surface area contributed by atoms with E-state index in [1.165, 1.54) is 0 Å². The number of rotatable bonds is 7. The minimum absolute atomic E-state index is 0.224. The molecule has 1 aliphatic heterocycles. The van der Waals surface area contributed by atoms with Crippen LogP contribution in [0.1, 0.15) is 16.1 Å². The largest absolute Gasteiger partial charge is 0.493 e. The highest BCUT2D eigenvalue weighted by Crippen LogP contribution is 2.27. The zero-order valence-corrected chi connectivity index (χ0v) is 16.6. The molecule has 0 unspecified atom stereocenters. The van der Waals surface area contributed by atoms with E-state index in [9.17, 15) is 4.79 Å². The minimum Gasteiger partial charge on any atom is -0.493 e. The van der Waals surface area contributed by atoms with Crippen molar-refractivity contribution in [3.05, 3.63) is 41.6 Å². The number of nitrogens with zero attached hydrogens (tertiary/aromatic N) is 4. The molecule has 0 spiro atoms. The van der Waals surface area contributed by atoms with Crippen molar-refractivity contribution in [2.24, 2.45) is 0 Å². The van der Waals surface area contributed by atoms with Crippen molar-refractivity contribution < 1.29 is 14.3 Å². The molecule has 28 heavy (non-hydrogen) atoms. The SMILES string of the molecule is COc1ccc(CCNC(=O)c2ccc(N3CCN(C)CC3)nn2)cc1OC. The van der Waals surface area contributed by atoms with Crippen molar-refractivity contribution in [3.63, 3.8) is 0 Å². The van der Waals surface area contributed by atoms with E-state index < -0.39 is 0 Å². The third-order valence-corrected chi connectivity index (χ3v) is 4.86. The number of benzene rings is 1. The zero-order chi connectivity index (χ0) is 19.9. The van der Waals surface area contributed by atoms with Gasteiger partial charge in [-0.05, 0) is 43.3 Å². The number of hydrogen-bond acceptors (Lipinski definition) is 7. The maximum Gasteiger partial charge on any atom is 0.271 e. The molecule has 1 aromatic carbocycles. The van der Waals surface area contributed by atoms with Gasteiger partial charge in [0.15, 0.2) is 23.0 Å². The van der Waals surface area contributed by atoms with E-state index in [-0.39, 0.29) is 5.91 Å². The molecule has 0 saturated carbocycles. The lowest BCUT2D eigenvalue weighted by Gasteiger charge is -2.32. The summed E-state index contributed by atoms with van der Waals surface area (Å²) in [6.07, 6.45) is 0.679. The molecule has 1 saturated heterocycles.